The van der Waals surface area contributed by atoms with Crippen LogP contribution in [0.15, 0.2) is 23.7 Å². The molecule has 0 amide bonds. The topological polar surface area (TPSA) is 76.1 Å². The molecule has 1 N–H and O–H groups in total. The second-order valence-corrected chi connectivity index (χ2v) is 12.3. The molecule has 3 saturated carbocycles. The zero-order valence-electron chi connectivity index (χ0n) is 19.4. The Balaban J connectivity index is 1.39. The number of hydrogen-bond donors (Lipinski definition) is 1. The Bertz CT molecular complexity index is 927. The van der Waals surface area contributed by atoms with Crippen LogP contribution in [0.2, 0.25) is 0 Å². The molecule has 2 bridgehead atoms. The third-order valence-corrected chi connectivity index (χ3v) is 8.96. The monoisotopic (exact) mass is 441 g/mol. The lowest BCUT2D eigenvalue weighted by Crippen LogP contribution is -2.76. The van der Waals surface area contributed by atoms with Crippen molar-refractivity contribution in [1.29, 1.82) is 0 Å². The van der Waals surface area contributed by atoms with Crippen LogP contribution in [0.5, 0.6) is 0 Å². The summed E-state index contributed by atoms with van der Waals surface area (Å²) in [6, 6.07) is 0.0614. The molecule has 3 unspecified atom stereocenters. The number of nitrogens with zero attached hydrogens (tertiary/aromatic N) is 1. The molecular formula is C26H35NO5. The van der Waals surface area contributed by atoms with Crippen LogP contribution in [0.4, 0.5) is 0 Å². The van der Waals surface area contributed by atoms with E-state index in [4.69, 9.17) is 9.47 Å². The summed E-state index contributed by atoms with van der Waals surface area (Å²) in [6.07, 6.45) is 8.76. The smallest absolute Gasteiger partial charge is 0.311 e. The maximum Gasteiger partial charge on any atom is 0.311 e. The van der Waals surface area contributed by atoms with Crippen molar-refractivity contribution in [3.05, 3.63) is 23.7 Å². The number of rotatable bonds is 4. The zero-order valence-corrected chi connectivity index (χ0v) is 19.4. The Morgan fingerprint density at radius 2 is 2.09 bits per heavy atom. The van der Waals surface area contributed by atoms with Gasteiger partial charge in [0.2, 0.25) is 0 Å². The van der Waals surface area contributed by atoms with Crippen molar-refractivity contribution in [3.63, 3.8) is 0 Å². The lowest BCUT2D eigenvalue weighted by Gasteiger charge is -2.65. The number of allylic oxidation sites excluding steroid dienone is 3. The minimum atomic E-state index is -0.937. The van der Waals surface area contributed by atoms with Gasteiger partial charge in [0.05, 0.1) is 17.4 Å². The van der Waals surface area contributed by atoms with Crippen LogP contribution in [-0.4, -0.2) is 52.6 Å². The highest BCUT2D eigenvalue weighted by Gasteiger charge is 2.77. The molecule has 0 radical (unpaired) electrons. The van der Waals surface area contributed by atoms with E-state index >= 15 is 0 Å². The van der Waals surface area contributed by atoms with Crippen molar-refractivity contribution in [2.45, 2.75) is 83.5 Å². The van der Waals surface area contributed by atoms with E-state index in [0.29, 0.717) is 30.8 Å². The van der Waals surface area contributed by atoms with Crippen LogP contribution >= 0.6 is 0 Å². The molecule has 1 spiro atoms. The normalized spacial score (nSPS) is 42.6. The van der Waals surface area contributed by atoms with Crippen LogP contribution < -0.4 is 0 Å². The number of carbonyl (C=O) groups is 2. The van der Waals surface area contributed by atoms with Crippen molar-refractivity contribution in [2.75, 3.05) is 13.1 Å². The second kappa shape index (κ2) is 6.69. The van der Waals surface area contributed by atoms with Crippen molar-refractivity contribution in [2.24, 2.45) is 28.6 Å². The fourth-order valence-corrected chi connectivity index (χ4v) is 7.53. The molecule has 174 valence electrons. The molecule has 6 heteroatoms. The van der Waals surface area contributed by atoms with Gasteiger partial charge in [-0.2, -0.15) is 0 Å². The van der Waals surface area contributed by atoms with Crippen molar-refractivity contribution < 1.29 is 24.2 Å². The summed E-state index contributed by atoms with van der Waals surface area (Å²) >= 11 is 0. The molecule has 5 fully saturated rings. The number of likely N-dealkylation sites (tertiary alicyclic amines) is 1. The van der Waals surface area contributed by atoms with Crippen molar-refractivity contribution in [3.8, 4) is 0 Å². The maximum atomic E-state index is 13.1. The van der Waals surface area contributed by atoms with E-state index in [-0.39, 0.29) is 35.0 Å². The summed E-state index contributed by atoms with van der Waals surface area (Å²) in [7, 11) is 0. The van der Waals surface area contributed by atoms with E-state index < -0.39 is 17.1 Å². The molecule has 0 aromatic carbocycles. The Hall–Kier alpha value is -1.66. The van der Waals surface area contributed by atoms with Gasteiger partial charge in [-0.05, 0) is 62.0 Å². The fraction of sp³-hybridized carbons (Fsp3) is 0.769. The molecule has 2 heterocycles. The van der Waals surface area contributed by atoms with Gasteiger partial charge in [0, 0.05) is 24.9 Å². The highest BCUT2D eigenvalue weighted by atomic mass is 16.6. The van der Waals surface area contributed by atoms with Crippen LogP contribution in [0.25, 0.3) is 0 Å². The standard InChI is InChI=1S/C26H35NO5/c1-24(2,3)13-20(29)31-18-7-6-16-12-19-26(30)9-8-17(28)23-25(26,21(16)22(18)32-23)10-11-27(19)14-15-4-5-15/h6-7,15-16,19,21,23,30H,4-5,8-14H2,1-3H3/t16?,19?,21?,23-,25-,26+/m0/s1. The van der Waals surface area contributed by atoms with E-state index in [1.54, 1.807) is 0 Å². The first-order valence-corrected chi connectivity index (χ1v) is 12.4. The number of esters is 1. The Morgan fingerprint density at radius 1 is 1.31 bits per heavy atom. The lowest BCUT2D eigenvalue weighted by molar-refractivity contribution is -0.244. The Morgan fingerprint density at radius 3 is 2.81 bits per heavy atom. The van der Waals surface area contributed by atoms with E-state index in [1.807, 2.05) is 26.8 Å². The second-order valence-electron chi connectivity index (χ2n) is 12.3. The number of piperidine rings is 1. The van der Waals surface area contributed by atoms with E-state index in [0.717, 1.165) is 31.8 Å². The first-order chi connectivity index (χ1) is 15.1. The van der Waals surface area contributed by atoms with Gasteiger partial charge >= 0.3 is 5.97 Å². The Labute approximate surface area is 190 Å². The van der Waals surface area contributed by atoms with Gasteiger partial charge < -0.3 is 14.6 Å². The molecule has 2 aliphatic heterocycles. The lowest BCUT2D eigenvalue weighted by atomic mass is 9.44. The summed E-state index contributed by atoms with van der Waals surface area (Å²) in [5.74, 6) is 1.74. The highest BCUT2D eigenvalue weighted by Crippen LogP contribution is 2.69. The van der Waals surface area contributed by atoms with Gasteiger partial charge in [0.25, 0.3) is 0 Å². The first-order valence-electron chi connectivity index (χ1n) is 12.4. The largest absolute Gasteiger partial charge is 0.482 e. The number of hydrogen-bond acceptors (Lipinski definition) is 6. The molecule has 6 rings (SSSR count). The number of ether oxygens (including phenoxy) is 2. The average Bonchev–Trinajstić information content (AvgIpc) is 3.43. The number of Topliss-reactive ketones (excluding diaryl/α,β-unsaturated/α-hetero) is 1. The van der Waals surface area contributed by atoms with Crippen molar-refractivity contribution in [1.82, 2.24) is 4.90 Å². The van der Waals surface area contributed by atoms with E-state index in [1.165, 1.54) is 12.8 Å². The van der Waals surface area contributed by atoms with Gasteiger partial charge in [0.1, 0.15) is 5.76 Å². The van der Waals surface area contributed by atoms with Crippen LogP contribution in [0.1, 0.15) is 65.7 Å². The van der Waals surface area contributed by atoms with E-state index in [9.17, 15) is 14.7 Å². The summed E-state index contributed by atoms with van der Waals surface area (Å²) < 4.78 is 12.2. The summed E-state index contributed by atoms with van der Waals surface area (Å²) in [4.78, 5) is 28.2. The molecule has 2 saturated heterocycles. The molecule has 6 nitrogen and oxygen atoms in total. The first kappa shape index (κ1) is 20.9. The van der Waals surface area contributed by atoms with Crippen LogP contribution in [-0.2, 0) is 19.1 Å². The van der Waals surface area contributed by atoms with Crippen LogP contribution in [0.3, 0.4) is 0 Å². The SMILES string of the molecule is CC(C)(C)CC(=O)OC1=C2O[C@H]3C(=O)CC[C@@]4(O)C5CC(C=C1)C2[C@@]34CCN5CC1CC1. The molecule has 0 aromatic heterocycles. The quantitative estimate of drug-likeness (QED) is 0.675. The fourth-order valence-electron chi connectivity index (χ4n) is 7.53. The molecular weight excluding hydrogens is 406 g/mol. The van der Waals surface area contributed by atoms with E-state index in [2.05, 4.69) is 11.0 Å². The molecule has 0 aromatic rings. The van der Waals surface area contributed by atoms with Gasteiger partial charge in [-0.25, -0.2) is 0 Å². The maximum absolute atomic E-state index is 13.1. The van der Waals surface area contributed by atoms with Gasteiger partial charge in [-0.3, -0.25) is 14.5 Å². The number of ketones is 1. The third kappa shape index (κ3) is 2.84. The Kier molecular flexibility index (Phi) is 4.37. The minimum absolute atomic E-state index is 0.0614. The summed E-state index contributed by atoms with van der Waals surface area (Å²) in [6.45, 7) is 7.98. The predicted octanol–water partition coefficient (Wildman–Crippen LogP) is 3.35. The summed E-state index contributed by atoms with van der Waals surface area (Å²) in [5.41, 5.74) is -1.72. The predicted molar refractivity (Wildman–Crippen MR) is 117 cm³/mol. The molecule has 6 aliphatic rings. The third-order valence-electron chi connectivity index (χ3n) is 8.96. The van der Waals surface area contributed by atoms with Gasteiger partial charge in [0.15, 0.2) is 17.6 Å². The molecule has 32 heavy (non-hydrogen) atoms. The van der Waals surface area contributed by atoms with Gasteiger partial charge in [-0.1, -0.05) is 26.8 Å². The van der Waals surface area contributed by atoms with Crippen molar-refractivity contribution >= 4 is 11.8 Å². The number of carbonyl (C=O) groups excluding carboxylic acids is 2. The highest BCUT2D eigenvalue weighted by molar-refractivity contribution is 5.87. The minimum Gasteiger partial charge on any atom is -0.482 e. The summed E-state index contributed by atoms with van der Waals surface area (Å²) in [5, 5.41) is 12.3. The van der Waals surface area contributed by atoms with Crippen LogP contribution in [0, 0.1) is 28.6 Å². The average molecular weight is 442 g/mol. The number of aliphatic hydroxyl groups is 1. The zero-order chi connectivity index (χ0) is 22.5. The molecule has 4 aliphatic carbocycles. The molecule has 6 atom stereocenters. The van der Waals surface area contributed by atoms with Gasteiger partial charge in [-0.15, -0.1) is 0 Å².